The Morgan fingerprint density at radius 3 is 1.84 bits per heavy atom. The molecule has 0 spiro atoms. The SMILES string of the molecule is CCCNC(=O)CCCC/C=C\CCCCCCCCCC(=O)[O-].[Na+]. The van der Waals surface area contributed by atoms with Crippen LogP contribution in [-0.4, -0.2) is 18.4 Å². The minimum Gasteiger partial charge on any atom is -0.550 e. The number of carbonyl (C=O) groups is 2. The molecule has 0 atom stereocenters. The van der Waals surface area contributed by atoms with Gasteiger partial charge in [-0.15, -0.1) is 0 Å². The smallest absolute Gasteiger partial charge is 0.550 e. The van der Waals surface area contributed by atoms with Crippen molar-refractivity contribution < 1.29 is 44.3 Å². The summed E-state index contributed by atoms with van der Waals surface area (Å²) in [4.78, 5) is 21.6. The number of aliphatic carboxylic acids is 1. The molecule has 0 aliphatic rings. The first kappa shape index (κ1) is 26.9. The third-order valence-corrected chi connectivity index (χ3v) is 4.02. The third-order valence-electron chi connectivity index (χ3n) is 4.02. The van der Waals surface area contributed by atoms with E-state index in [1.807, 2.05) is 0 Å². The maximum Gasteiger partial charge on any atom is 1.00 e. The summed E-state index contributed by atoms with van der Waals surface area (Å²) >= 11 is 0. The molecule has 4 nitrogen and oxygen atoms in total. The van der Waals surface area contributed by atoms with E-state index in [2.05, 4.69) is 24.4 Å². The fourth-order valence-electron chi connectivity index (χ4n) is 2.55. The Bertz CT molecular complexity index is 346. The summed E-state index contributed by atoms with van der Waals surface area (Å²) in [5.74, 6) is -0.748. The average molecular weight is 362 g/mol. The van der Waals surface area contributed by atoms with Crippen molar-refractivity contribution in [3.05, 3.63) is 12.2 Å². The molecule has 0 saturated carbocycles. The summed E-state index contributed by atoms with van der Waals surface area (Å²) in [5, 5.41) is 13.1. The number of carbonyl (C=O) groups excluding carboxylic acids is 2. The fraction of sp³-hybridized carbons (Fsp3) is 0.800. The number of unbranched alkanes of at least 4 members (excludes halogenated alkanes) is 9. The number of rotatable bonds is 17. The largest absolute Gasteiger partial charge is 1.00 e. The van der Waals surface area contributed by atoms with Gasteiger partial charge in [-0.25, -0.2) is 0 Å². The van der Waals surface area contributed by atoms with Crippen LogP contribution in [0.1, 0.15) is 96.8 Å². The van der Waals surface area contributed by atoms with Crippen LogP contribution in [0.2, 0.25) is 0 Å². The standard InChI is InChI=1S/C20H37NO3.Na/c1-2-18-21-19(22)16-14-12-10-8-6-4-3-5-7-9-11-13-15-17-20(23)24;/h6,8H,2-5,7,9-18H2,1H3,(H,21,22)(H,23,24);/q;+1/p-1/b8-6-;. The molecule has 140 valence electrons. The molecule has 1 N–H and O–H groups in total. The molecule has 0 aromatic rings. The molecule has 25 heavy (non-hydrogen) atoms. The van der Waals surface area contributed by atoms with Crippen LogP contribution in [0.5, 0.6) is 0 Å². The summed E-state index contributed by atoms with van der Waals surface area (Å²) in [6.45, 7) is 2.85. The van der Waals surface area contributed by atoms with Crippen LogP contribution in [0.15, 0.2) is 12.2 Å². The van der Waals surface area contributed by atoms with Gasteiger partial charge in [0.05, 0.1) is 0 Å². The average Bonchev–Trinajstić information content (AvgIpc) is 2.56. The van der Waals surface area contributed by atoms with Crippen molar-refractivity contribution in [3.63, 3.8) is 0 Å². The van der Waals surface area contributed by atoms with Gasteiger partial charge in [-0.2, -0.15) is 0 Å². The van der Waals surface area contributed by atoms with E-state index >= 15 is 0 Å². The zero-order valence-electron chi connectivity index (χ0n) is 16.5. The first-order valence-electron chi connectivity index (χ1n) is 9.78. The molecular weight excluding hydrogens is 325 g/mol. The Morgan fingerprint density at radius 1 is 0.800 bits per heavy atom. The Morgan fingerprint density at radius 2 is 1.28 bits per heavy atom. The van der Waals surface area contributed by atoms with Crippen LogP contribution in [0.25, 0.3) is 0 Å². The van der Waals surface area contributed by atoms with Gasteiger partial charge in [0.25, 0.3) is 0 Å². The van der Waals surface area contributed by atoms with E-state index in [4.69, 9.17) is 0 Å². The molecule has 0 radical (unpaired) electrons. The Balaban J connectivity index is 0. The molecule has 5 heteroatoms. The molecule has 0 heterocycles. The zero-order valence-corrected chi connectivity index (χ0v) is 18.5. The second-order valence-corrected chi connectivity index (χ2v) is 6.45. The summed E-state index contributed by atoms with van der Waals surface area (Å²) < 4.78 is 0. The molecule has 0 aromatic carbocycles. The van der Waals surface area contributed by atoms with E-state index in [1.54, 1.807) is 0 Å². The van der Waals surface area contributed by atoms with Gasteiger partial charge in [-0.1, -0.05) is 51.2 Å². The topological polar surface area (TPSA) is 69.2 Å². The number of nitrogens with one attached hydrogen (secondary N) is 1. The van der Waals surface area contributed by atoms with Crippen LogP contribution in [0.3, 0.4) is 0 Å². The van der Waals surface area contributed by atoms with Crippen LogP contribution in [-0.2, 0) is 9.59 Å². The monoisotopic (exact) mass is 361 g/mol. The van der Waals surface area contributed by atoms with E-state index in [1.165, 1.54) is 25.7 Å². The maximum absolute atomic E-state index is 11.4. The predicted octanol–water partition coefficient (Wildman–Crippen LogP) is 0.894. The second-order valence-electron chi connectivity index (χ2n) is 6.45. The summed E-state index contributed by atoms with van der Waals surface area (Å²) in [5.41, 5.74) is 0. The minimum absolute atomic E-state index is 0. The van der Waals surface area contributed by atoms with Gasteiger partial charge in [0, 0.05) is 18.9 Å². The normalized spacial score (nSPS) is 10.6. The van der Waals surface area contributed by atoms with Gasteiger partial charge in [0.1, 0.15) is 0 Å². The molecule has 0 aliphatic carbocycles. The van der Waals surface area contributed by atoms with Crippen LogP contribution in [0.4, 0.5) is 0 Å². The van der Waals surface area contributed by atoms with Crippen molar-refractivity contribution in [2.45, 2.75) is 96.8 Å². The first-order valence-corrected chi connectivity index (χ1v) is 9.78. The molecule has 0 aliphatic heterocycles. The molecule has 0 bridgehead atoms. The number of carboxylic acid groups (broad SMARTS) is 1. The number of hydrogen-bond acceptors (Lipinski definition) is 3. The van der Waals surface area contributed by atoms with Gasteiger partial charge in [-0.05, 0) is 51.4 Å². The van der Waals surface area contributed by atoms with Gasteiger partial charge in [0.15, 0.2) is 0 Å². The Kier molecular flexibility index (Phi) is 23.4. The zero-order chi connectivity index (χ0) is 17.9. The van der Waals surface area contributed by atoms with Crippen molar-refractivity contribution in [1.82, 2.24) is 5.32 Å². The second kappa shape index (κ2) is 21.7. The molecular formula is C20H36NNaO3. The third kappa shape index (κ3) is 23.7. The van der Waals surface area contributed by atoms with Crippen molar-refractivity contribution in [2.75, 3.05) is 6.54 Å². The van der Waals surface area contributed by atoms with Gasteiger partial charge >= 0.3 is 29.6 Å². The molecule has 0 unspecified atom stereocenters. The van der Waals surface area contributed by atoms with Crippen molar-refractivity contribution in [2.24, 2.45) is 0 Å². The number of amides is 1. The molecule has 0 aromatic heterocycles. The van der Waals surface area contributed by atoms with E-state index in [0.29, 0.717) is 6.42 Å². The number of carboxylic acids is 1. The number of hydrogen-bond donors (Lipinski definition) is 1. The van der Waals surface area contributed by atoms with E-state index in [9.17, 15) is 14.7 Å². The maximum atomic E-state index is 11.4. The van der Waals surface area contributed by atoms with E-state index in [0.717, 1.165) is 57.9 Å². The van der Waals surface area contributed by atoms with Crippen LogP contribution in [0, 0.1) is 0 Å². The van der Waals surface area contributed by atoms with E-state index in [-0.39, 0.29) is 41.9 Å². The van der Waals surface area contributed by atoms with Crippen LogP contribution < -0.4 is 40.0 Å². The Hall–Kier alpha value is -0.320. The quantitative estimate of drug-likeness (QED) is 0.238. The summed E-state index contributed by atoms with van der Waals surface area (Å²) in [6, 6.07) is 0. The molecule has 0 fully saturated rings. The number of allylic oxidation sites excluding steroid dienone is 2. The van der Waals surface area contributed by atoms with Gasteiger partial charge in [-0.3, -0.25) is 4.79 Å². The van der Waals surface area contributed by atoms with Gasteiger partial charge in [0.2, 0.25) is 5.91 Å². The summed E-state index contributed by atoms with van der Waals surface area (Å²) in [6.07, 6.45) is 18.4. The summed E-state index contributed by atoms with van der Waals surface area (Å²) in [7, 11) is 0. The Labute approximate surface area is 176 Å². The molecule has 0 saturated heterocycles. The molecule has 1 amide bonds. The molecule has 0 rings (SSSR count). The van der Waals surface area contributed by atoms with Crippen molar-refractivity contribution >= 4 is 11.9 Å². The van der Waals surface area contributed by atoms with Gasteiger partial charge < -0.3 is 15.2 Å². The fourth-order valence-corrected chi connectivity index (χ4v) is 2.55. The van der Waals surface area contributed by atoms with E-state index < -0.39 is 5.97 Å². The van der Waals surface area contributed by atoms with Crippen molar-refractivity contribution in [1.29, 1.82) is 0 Å². The predicted molar refractivity (Wildman–Crippen MR) is 97.5 cm³/mol. The van der Waals surface area contributed by atoms with Crippen LogP contribution >= 0.6 is 0 Å². The van der Waals surface area contributed by atoms with Crippen molar-refractivity contribution in [3.8, 4) is 0 Å². The first-order chi connectivity index (χ1) is 11.7. The minimum atomic E-state index is -0.929.